The number of amides is 1. The Morgan fingerprint density at radius 1 is 0.930 bits per heavy atom. The molecule has 0 spiro atoms. The first-order valence-electron chi connectivity index (χ1n) is 17.3. The van der Waals surface area contributed by atoms with E-state index in [1.54, 1.807) is 0 Å². The molecular weight excluding hydrogens is 538 g/mol. The fourth-order valence-corrected chi connectivity index (χ4v) is 11.9. The molecule has 5 saturated carbocycles. The fraction of sp³-hybridized carbons (Fsp3) is 0.865. The summed E-state index contributed by atoms with van der Waals surface area (Å²) in [6.07, 6.45) is 14.7. The van der Waals surface area contributed by atoms with Crippen LogP contribution in [0, 0.1) is 50.2 Å². The van der Waals surface area contributed by atoms with Crippen molar-refractivity contribution in [1.29, 1.82) is 0 Å². The Morgan fingerprint density at radius 3 is 2.33 bits per heavy atom. The van der Waals surface area contributed by atoms with Gasteiger partial charge in [-0.2, -0.15) is 0 Å². The van der Waals surface area contributed by atoms with Crippen LogP contribution in [0.1, 0.15) is 132 Å². The lowest BCUT2D eigenvalue weighted by Gasteiger charge is -2.70. The predicted octanol–water partition coefficient (Wildman–Crippen LogP) is 7.54. The van der Waals surface area contributed by atoms with Crippen molar-refractivity contribution in [3.05, 3.63) is 11.6 Å². The van der Waals surface area contributed by atoms with Crippen LogP contribution in [-0.4, -0.2) is 36.6 Å². The van der Waals surface area contributed by atoms with Crippen molar-refractivity contribution in [2.75, 3.05) is 6.79 Å². The first-order valence-corrected chi connectivity index (χ1v) is 17.3. The molecule has 43 heavy (non-hydrogen) atoms. The number of ether oxygens (including phenoxy) is 2. The van der Waals surface area contributed by atoms with Crippen LogP contribution in [0.15, 0.2) is 11.6 Å². The first-order chi connectivity index (χ1) is 20.0. The van der Waals surface area contributed by atoms with Gasteiger partial charge in [-0.05, 0) is 116 Å². The number of hydrogen-bond acceptors (Lipinski definition) is 5. The van der Waals surface area contributed by atoms with Crippen molar-refractivity contribution in [2.24, 2.45) is 50.2 Å². The molecule has 1 N–H and O–H groups in total. The van der Waals surface area contributed by atoms with Crippen LogP contribution in [0.2, 0.25) is 0 Å². The summed E-state index contributed by atoms with van der Waals surface area (Å²) in [7, 11) is 0. The lowest BCUT2D eigenvalue weighted by atomic mass is 9.33. The average molecular weight is 596 g/mol. The second kappa shape index (κ2) is 10.2. The number of carbonyl (C=O) groups excluding carboxylic acids is 3. The topological polar surface area (TPSA) is 81.7 Å². The van der Waals surface area contributed by atoms with Gasteiger partial charge in [0.1, 0.15) is 0 Å². The van der Waals surface area contributed by atoms with Gasteiger partial charge in [0.05, 0.1) is 6.10 Å². The van der Waals surface area contributed by atoms with Crippen LogP contribution in [-0.2, 0) is 23.9 Å². The molecule has 8 atom stereocenters. The van der Waals surface area contributed by atoms with Gasteiger partial charge in [-0.25, -0.2) is 0 Å². The van der Waals surface area contributed by atoms with E-state index in [0.29, 0.717) is 11.7 Å². The summed E-state index contributed by atoms with van der Waals surface area (Å²) in [6, 6.07) is 0.0994. The van der Waals surface area contributed by atoms with Crippen molar-refractivity contribution < 1.29 is 23.9 Å². The Labute approximate surface area is 259 Å². The van der Waals surface area contributed by atoms with Crippen LogP contribution in [0.25, 0.3) is 0 Å². The Kier molecular flexibility index (Phi) is 7.39. The van der Waals surface area contributed by atoms with E-state index in [2.05, 4.69) is 59.9 Å². The minimum absolute atomic E-state index is 0.0134. The third-order valence-corrected chi connectivity index (χ3v) is 14.9. The minimum atomic E-state index is -0.454. The van der Waals surface area contributed by atoms with E-state index in [-0.39, 0.29) is 69.7 Å². The number of ketones is 1. The fourth-order valence-electron chi connectivity index (χ4n) is 11.9. The number of allylic oxidation sites excluding steroid dienone is 2. The number of fused-ring (bicyclic) bond motifs is 7. The highest BCUT2D eigenvalue weighted by Gasteiger charge is 2.69. The molecule has 1 unspecified atom stereocenters. The Hall–Kier alpha value is -1.69. The Bertz CT molecular complexity index is 1220. The van der Waals surface area contributed by atoms with Crippen molar-refractivity contribution in [2.45, 2.75) is 145 Å². The number of hydrogen-bond donors (Lipinski definition) is 1. The molecule has 1 amide bonds. The molecule has 5 fully saturated rings. The number of esters is 1. The van der Waals surface area contributed by atoms with Gasteiger partial charge in [-0.3, -0.25) is 14.4 Å². The third-order valence-electron chi connectivity index (χ3n) is 14.9. The van der Waals surface area contributed by atoms with Crippen molar-refractivity contribution in [3.63, 3.8) is 0 Å². The second-order valence-corrected chi connectivity index (χ2v) is 17.8. The van der Waals surface area contributed by atoms with E-state index < -0.39 is 5.41 Å². The number of carbonyl (C=O) groups is 3. The molecule has 0 saturated heterocycles. The zero-order valence-electron chi connectivity index (χ0n) is 28.2. The average Bonchev–Trinajstić information content (AvgIpc) is 2.88. The summed E-state index contributed by atoms with van der Waals surface area (Å²) in [5.74, 6) is 1.13. The molecule has 0 aromatic heterocycles. The molecule has 6 rings (SSSR count). The summed E-state index contributed by atoms with van der Waals surface area (Å²) >= 11 is 0. The summed E-state index contributed by atoms with van der Waals surface area (Å²) in [5.41, 5.74) is 1.35. The molecule has 6 aliphatic rings. The molecule has 6 nitrogen and oxygen atoms in total. The maximum atomic E-state index is 14.5. The largest absolute Gasteiger partial charge is 0.439 e. The van der Waals surface area contributed by atoms with E-state index in [9.17, 15) is 14.4 Å². The van der Waals surface area contributed by atoms with Crippen molar-refractivity contribution >= 4 is 17.7 Å². The molecule has 6 heteroatoms. The Morgan fingerprint density at radius 2 is 1.63 bits per heavy atom. The van der Waals surface area contributed by atoms with E-state index in [1.807, 2.05) is 0 Å². The van der Waals surface area contributed by atoms with Gasteiger partial charge < -0.3 is 14.8 Å². The van der Waals surface area contributed by atoms with Gasteiger partial charge in [-0.1, -0.05) is 60.5 Å². The van der Waals surface area contributed by atoms with Gasteiger partial charge in [0, 0.05) is 24.3 Å². The maximum Gasteiger partial charge on any atom is 0.304 e. The van der Waals surface area contributed by atoms with Crippen LogP contribution >= 0.6 is 0 Å². The van der Waals surface area contributed by atoms with Crippen LogP contribution in [0.3, 0.4) is 0 Å². The van der Waals surface area contributed by atoms with E-state index in [1.165, 1.54) is 44.6 Å². The monoisotopic (exact) mass is 595 g/mol. The summed E-state index contributed by atoms with van der Waals surface area (Å²) in [4.78, 5) is 39.4. The van der Waals surface area contributed by atoms with E-state index in [4.69, 9.17) is 9.47 Å². The molecular formula is C37H57NO5. The third kappa shape index (κ3) is 4.69. The lowest BCUT2D eigenvalue weighted by molar-refractivity contribution is -0.185. The molecule has 0 aromatic rings. The summed E-state index contributed by atoms with van der Waals surface area (Å²) in [5, 5.41) is 3.34. The highest BCUT2D eigenvalue weighted by molar-refractivity contribution is 5.95. The van der Waals surface area contributed by atoms with Gasteiger partial charge in [0.25, 0.3) is 0 Å². The first kappa shape index (κ1) is 31.3. The highest BCUT2D eigenvalue weighted by atomic mass is 16.7. The van der Waals surface area contributed by atoms with E-state index in [0.717, 1.165) is 44.9 Å². The normalized spacial score (nSPS) is 48.3. The zero-order chi connectivity index (χ0) is 31.2. The number of nitrogens with one attached hydrogen (secondary N) is 1. The van der Waals surface area contributed by atoms with E-state index >= 15 is 0 Å². The Balaban J connectivity index is 1.23. The van der Waals surface area contributed by atoms with Crippen LogP contribution in [0.4, 0.5) is 0 Å². The second-order valence-electron chi connectivity index (χ2n) is 17.8. The van der Waals surface area contributed by atoms with Gasteiger partial charge in [0.15, 0.2) is 12.6 Å². The quantitative estimate of drug-likeness (QED) is 0.262. The summed E-state index contributed by atoms with van der Waals surface area (Å²) in [6.45, 7) is 18.3. The van der Waals surface area contributed by atoms with Gasteiger partial charge >= 0.3 is 5.97 Å². The molecule has 0 aromatic carbocycles. The summed E-state index contributed by atoms with van der Waals surface area (Å²) < 4.78 is 10.5. The predicted molar refractivity (Wildman–Crippen MR) is 167 cm³/mol. The smallest absolute Gasteiger partial charge is 0.304 e. The molecule has 0 heterocycles. The molecule has 0 aliphatic heterocycles. The van der Waals surface area contributed by atoms with Gasteiger partial charge in [-0.15, -0.1) is 0 Å². The van der Waals surface area contributed by atoms with Crippen molar-refractivity contribution in [3.8, 4) is 0 Å². The lowest BCUT2D eigenvalue weighted by Crippen LogP contribution is -2.65. The molecule has 0 radical (unpaired) electrons. The highest BCUT2D eigenvalue weighted by Crippen LogP contribution is 2.75. The number of rotatable bonds is 5. The molecule has 240 valence electrons. The molecule has 0 bridgehead atoms. The van der Waals surface area contributed by atoms with Crippen molar-refractivity contribution in [1.82, 2.24) is 5.32 Å². The van der Waals surface area contributed by atoms with Crippen LogP contribution < -0.4 is 5.32 Å². The SMILES string of the molecule is CC(=O)OCOC1CC(NC(=O)[C@@]2(C)CC[C@]3(C)CC[C@]4(C)C(=CC(=O)[C@@H]5[C@@]6(C)CCCC(C)(C)C6CC[C@]54C)[C@@H]3C2)C1. The van der Waals surface area contributed by atoms with Gasteiger partial charge in [0.2, 0.25) is 5.91 Å². The molecule has 6 aliphatic carbocycles. The maximum absolute atomic E-state index is 14.5. The van der Waals surface area contributed by atoms with Crippen LogP contribution in [0.5, 0.6) is 0 Å². The zero-order valence-corrected chi connectivity index (χ0v) is 28.2. The standard InChI is InChI=1S/C37H57NO5/c1-23(39)42-22-43-25-18-24(19-25)38-31(41)34(5)15-14-33(4)16-17-36(7)26(27(33)21-34)20-28(40)30-35(6)12-9-11-32(2,3)29(35)10-13-37(30,36)8/h20,24-25,27,29-30H,9-19,21-22H2,1-8H3,(H,38,41)/t24?,25?,27-,29?,30+,33+,34-,35-,36+,37+/m0/s1. The minimum Gasteiger partial charge on any atom is -0.439 e.